The largest absolute Gasteiger partial charge is 0.485 e. The first kappa shape index (κ1) is 10.4. The maximum absolute atomic E-state index is 13.5. The van der Waals surface area contributed by atoms with Crippen molar-refractivity contribution >= 4 is 0 Å². The Morgan fingerprint density at radius 3 is 2.67 bits per heavy atom. The number of hydrogen-bond donors (Lipinski definition) is 1. The predicted octanol–water partition coefficient (Wildman–Crippen LogP) is 2.40. The Balaban J connectivity index is 2.47. The molecule has 1 N–H and O–H groups in total. The van der Waals surface area contributed by atoms with Crippen molar-refractivity contribution in [1.29, 1.82) is 0 Å². The highest BCUT2D eigenvalue weighted by atomic mass is 19.1. The summed E-state index contributed by atoms with van der Waals surface area (Å²) in [7, 11) is 0. The van der Waals surface area contributed by atoms with E-state index in [1.54, 1.807) is 6.92 Å². The summed E-state index contributed by atoms with van der Waals surface area (Å²) in [5.74, 6) is -0.867. The zero-order chi connectivity index (χ0) is 11.0. The van der Waals surface area contributed by atoms with Crippen LogP contribution in [0.25, 0.3) is 0 Å². The van der Waals surface area contributed by atoms with E-state index in [1.807, 2.05) is 6.92 Å². The summed E-state index contributed by atoms with van der Waals surface area (Å²) in [5.41, 5.74) is 0.310. The molecule has 2 nitrogen and oxygen atoms in total. The second kappa shape index (κ2) is 3.77. The molecule has 0 spiro atoms. The highest BCUT2D eigenvalue weighted by Gasteiger charge is 2.35. The fourth-order valence-corrected chi connectivity index (χ4v) is 1.94. The van der Waals surface area contributed by atoms with Crippen LogP contribution in [0.15, 0.2) is 12.1 Å². The third kappa shape index (κ3) is 1.59. The van der Waals surface area contributed by atoms with Gasteiger partial charge in [-0.05, 0) is 25.6 Å². The summed E-state index contributed by atoms with van der Waals surface area (Å²) < 4.78 is 32.2. The third-order valence-electron chi connectivity index (χ3n) is 2.60. The standard InChI is InChI=1S/C11H13F2NO/c1-3-14-10-6(2)15-11-8(13)5-4-7(12)9(10)11/h4-6,10,14H,3H2,1-2H3. The lowest BCUT2D eigenvalue weighted by molar-refractivity contribution is 0.204. The van der Waals surface area contributed by atoms with Gasteiger partial charge in [0, 0.05) is 0 Å². The predicted molar refractivity (Wildman–Crippen MR) is 52.9 cm³/mol. The molecule has 0 saturated heterocycles. The number of fused-ring (bicyclic) bond motifs is 1. The van der Waals surface area contributed by atoms with Gasteiger partial charge >= 0.3 is 0 Å². The van der Waals surface area contributed by atoms with Gasteiger partial charge in [0.15, 0.2) is 11.6 Å². The topological polar surface area (TPSA) is 21.3 Å². The lowest BCUT2D eigenvalue weighted by atomic mass is 10.0. The van der Waals surface area contributed by atoms with Crippen LogP contribution in [0.4, 0.5) is 8.78 Å². The molecule has 1 aliphatic heterocycles. The number of ether oxygens (including phenoxy) is 1. The first-order chi connectivity index (χ1) is 7.15. The Kier molecular flexibility index (Phi) is 2.61. The molecule has 2 unspecified atom stereocenters. The zero-order valence-corrected chi connectivity index (χ0v) is 8.68. The molecule has 0 radical (unpaired) electrons. The van der Waals surface area contributed by atoms with Crippen molar-refractivity contribution in [2.75, 3.05) is 6.54 Å². The van der Waals surface area contributed by atoms with Gasteiger partial charge in [-0.2, -0.15) is 0 Å². The van der Waals surface area contributed by atoms with Crippen molar-refractivity contribution in [3.8, 4) is 5.75 Å². The number of nitrogens with one attached hydrogen (secondary N) is 1. The zero-order valence-electron chi connectivity index (χ0n) is 8.68. The van der Waals surface area contributed by atoms with E-state index in [1.165, 1.54) is 0 Å². The molecule has 2 rings (SSSR count). The van der Waals surface area contributed by atoms with Gasteiger partial charge in [-0.25, -0.2) is 8.78 Å². The van der Waals surface area contributed by atoms with Crippen molar-refractivity contribution in [3.05, 3.63) is 29.3 Å². The minimum Gasteiger partial charge on any atom is -0.485 e. The molecule has 0 saturated carbocycles. The van der Waals surface area contributed by atoms with Gasteiger partial charge in [-0.3, -0.25) is 0 Å². The van der Waals surface area contributed by atoms with Crippen LogP contribution in [-0.4, -0.2) is 12.6 Å². The molecule has 1 aromatic rings. The second-order valence-electron chi connectivity index (χ2n) is 3.63. The van der Waals surface area contributed by atoms with Gasteiger partial charge in [0.2, 0.25) is 0 Å². The maximum atomic E-state index is 13.5. The Hall–Kier alpha value is -1.16. The minimum atomic E-state index is -0.501. The normalized spacial score (nSPS) is 23.7. The Morgan fingerprint density at radius 1 is 1.33 bits per heavy atom. The van der Waals surface area contributed by atoms with Crippen LogP contribution in [0, 0.1) is 11.6 Å². The highest BCUT2D eigenvalue weighted by Crippen LogP contribution is 2.39. The number of benzene rings is 1. The molecule has 0 aromatic heterocycles. The summed E-state index contributed by atoms with van der Waals surface area (Å²) in [6.07, 6.45) is -0.244. The van der Waals surface area contributed by atoms with Crippen molar-refractivity contribution in [3.63, 3.8) is 0 Å². The molecule has 0 amide bonds. The summed E-state index contributed by atoms with van der Waals surface area (Å²) >= 11 is 0. The SMILES string of the molecule is CCNC1c2c(F)ccc(F)c2OC1C. The Labute approximate surface area is 87.2 Å². The van der Waals surface area contributed by atoms with Crippen LogP contribution in [0.3, 0.4) is 0 Å². The van der Waals surface area contributed by atoms with Gasteiger partial charge < -0.3 is 10.1 Å². The lowest BCUT2D eigenvalue weighted by Crippen LogP contribution is -2.28. The molecular formula is C11H13F2NO. The number of rotatable bonds is 2. The van der Waals surface area contributed by atoms with E-state index in [0.29, 0.717) is 12.1 Å². The Bertz CT molecular complexity index is 381. The fourth-order valence-electron chi connectivity index (χ4n) is 1.94. The summed E-state index contributed by atoms with van der Waals surface area (Å²) in [5, 5.41) is 3.09. The van der Waals surface area contributed by atoms with Gasteiger partial charge in [0.05, 0.1) is 11.6 Å². The van der Waals surface area contributed by atoms with Crippen LogP contribution in [0.5, 0.6) is 5.75 Å². The molecule has 82 valence electrons. The van der Waals surface area contributed by atoms with E-state index in [-0.39, 0.29) is 17.9 Å². The molecule has 1 heterocycles. The summed E-state index contributed by atoms with van der Waals surface area (Å²) in [6, 6.07) is 1.97. The van der Waals surface area contributed by atoms with Crippen molar-refractivity contribution < 1.29 is 13.5 Å². The van der Waals surface area contributed by atoms with E-state index < -0.39 is 11.6 Å². The molecule has 15 heavy (non-hydrogen) atoms. The first-order valence-electron chi connectivity index (χ1n) is 5.03. The van der Waals surface area contributed by atoms with Gasteiger partial charge in [-0.1, -0.05) is 6.92 Å². The van der Waals surface area contributed by atoms with Crippen LogP contribution >= 0.6 is 0 Å². The van der Waals surface area contributed by atoms with E-state index in [4.69, 9.17) is 4.74 Å². The van der Waals surface area contributed by atoms with Crippen molar-refractivity contribution in [2.45, 2.75) is 26.0 Å². The van der Waals surface area contributed by atoms with Gasteiger partial charge in [-0.15, -0.1) is 0 Å². The second-order valence-corrected chi connectivity index (χ2v) is 3.63. The maximum Gasteiger partial charge on any atom is 0.165 e. The fraction of sp³-hybridized carbons (Fsp3) is 0.455. The van der Waals surface area contributed by atoms with Crippen LogP contribution in [0.2, 0.25) is 0 Å². The third-order valence-corrected chi connectivity index (χ3v) is 2.60. The van der Waals surface area contributed by atoms with Crippen molar-refractivity contribution in [2.24, 2.45) is 0 Å². The average Bonchev–Trinajstić information content (AvgIpc) is 2.53. The molecule has 4 heteroatoms. The molecule has 0 aliphatic carbocycles. The smallest absolute Gasteiger partial charge is 0.165 e. The highest BCUT2D eigenvalue weighted by molar-refractivity contribution is 5.42. The van der Waals surface area contributed by atoms with Gasteiger partial charge in [0.1, 0.15) is 11.9 Å². The van der Waals surface area contributed by atoms with Gasteiger partial charge in [0.25, 0.3) is 0 Å². The molecular weight excluding hydrogens is 200 g/mol. The molecule has 0 fully saturated rings. The molecule has 1 aromatic carbocycles. The van der Waals surface area contributed by atoms with E-state index in [2.05, 4.69) is 5.32 Å². The Morgan fingerprint density at radius 2 is 2.00 bits per heavy atom. The summed E-state index contributed by atoms with van der Waals surface area (Å²) in [6.45, 7) is 4.40. The van der Waals surface area contributed by atoms with Crippen LogP contribution < -0.4 is 10.1 Å². The van der Waals surface area contributed by atoms with E-state index in [9.17, 15) is 8.78 Å². The number of halogens is 2. The monoisotopic (exact) mass is 213 g/mol. The van der Waals surface area contributed by atoms with E-state index in [0.717, 1.165) is 12.1 Å². The first-order valence-corrected chi connectivity index (χ1v) is 5.03. The van der Waals surface area contributed by atoms with Crippen LogP contribution in [-0.2, 0) is 0 Å². The van der Waals surface area contributed by atoms with Crippen LogP contribution in [0.1, 0.15) is 25.5 Å². The minimum absolute atomic E-state index is 0.0495. The van der Waals surface area contributed by atoms with Crippen molar-refractivity contribution in [1.82, 2.24) is 5.32 Å². The number of likely N-dealkylation sites (N-methyl/N-ethyl adjacent to an activating group) is 1. The summed E-state index contributed by atoms with van der Waals surface area (Å²) in [4.78, 5) is 0. The quantitative estimate of drug-likeness (QED) is 0.814. The number of hydrogen-bond acceptors (Lipinski definition) is 2. The molecule has 0 bridgehead atoms. The molecule has 2 atom stereocenters. The average molecular weight is 213 g/mol. The molecule has 1 aliphatic rings. The lowest BCUT2D eigenvalue weighted by Gasteiger charge is -2.15. The van der Waals surface area contributed by atoms with E-state index >= 15 is 0 Å².